The van der Waals surface area contributed by atoms with Gasteiger partial charge in [0.15, 0.2) is 0 Å². The molecular weight excluding hydrogens is 830 g/mol. The maximum atomic E-state index is 12.8. The summed E-state index contributed by atoms with van der Waals surface area (Å²) in [4.78, 5) is 23.0. The number of unbranched alkanes of at least 4 members (excludes halogenated alkanes) is 23. The topological polar surface area (TPSA) is 91.3 Å². The molecule has 9 heteroatoms. The third kappa shape index (κ3) is 52.8. The predicted octanol–water partition coefficient (Wildman–Crippen LogP) is 16.6. The monoisotopic (exact) mass is 933 g/mol. The molecule has 0 radical (unpaired) electrons. The molecule has 0 aliphatic carbocycles. The van der Waals surface area contributed by atoms with E-state index in [1.807, 2.05) is 21.1 Å². The number of carbonyl (C=O) groups excluding carboxylic acids is 1. The molecule has 0 aliphatic heterocycles. The number of phosphoric ester groups is 1. The SMILES string of the molecule is CC/C=C\C/C=C\C/C=C\C/C=C\CCCCCCCCCCCOCC(COP(=O)(O)OCC[N+](C)(C)C)OC(=O)CCCCCCCCCCC/C=C\C/C=C\CCCCCCC. The minimum Gasteiger partial charge on any atom is -0.457 e. The number of quaternary nitrogens is 1. The Hall–Kier alpha value is -2.06. The third-order valence-corrected chi connectivity index (χ3v) is 12.2. The summed E-state index contributed by atoms with van der Waals surface area (Å²) in [7, 11) is 1.65. The lowest BCUT2D eigenvalue weighted by molar-refractivity contribution is -0.870. The Morgan fingerprint density at radius 3 is 1.34 bits per heavy atom. The molecule has 0 aromatic rings. The second kappa shape index (κ2) is 48.4. The first-order chi connectivity index (χ1) is 31.6. The van der Waals surface area contributed by atoms with Gasteiger partial charge in [0.2, 0.25) is 0 Å². The van der Waals surface area contributed by atoms with Crippen molar-refractivity contribution in [2.75, 3.05) is 54.1 Å². The van der Waals surface area contributed by atoms with Crippen molar-refractivity contribution < 1.29 is 37.3 Å². The van der Waals surface area contributed by atoms with Crippen molar-refractivity contribution in [3.63, 3.8) is 0 Å². The number of ether oxygens (including phenoxy) is 2. The van der Waals surface area contributed by atoms with Crippen molar-refractivity contribution in [3.8, 4) is 0 Å². The van der Waals surface area contributed by atoms with Gasteiger partial charge < -0.3 is 18.9 Å². The maximum Gasteiger partial charge on any atom is 0.472 e. The second-order valence-electron chi connectivity index (χ2n) is 18.9. The van der Waals surface area contributed by atoms with Crippen LogP contribution in [0.3, 0.4) is 0 Å². The Morgan fingerprint density at radius 1 is 0.492 bits per heavy atom. The largest absolute Gasteiger partial charge is 0.472 e. The van der Waals surface area contributed by atoms with Crippen LogP contribution in [0.25, 0.3) is 0 Å². The zero-order chi connectivity index (χ0) is 47.6. The van der Waals surface area contributed by atoms with E-state index in [1.165, 1.54) is 135 Å². The lowest BCUT2D eigenvalue weighted by Crippen LogP contribution is -2.37. The summed E-state index contributed by atoms with van der Waals surface area (Å²) < 4.78 is 35.2. The van der Waals surface area contributed by atoms with Crippen LogP contribution in [0, 0.1) is 0 Å². The van der Waals surface area contributed by atoms with E-state index < -0.39 is 13.9 Å². The molecule has 0 amide bonds. The molecule has 0 spiro atoms. The van der Waals surface area contributed by atoms with Gasteiger partial charge in [-0.2, -0.15) is 0 Å². The fraction of sp³-hybridized carbons (Fsp3) is 0.768. The predicted molar refractivity (Wildman–Crippen MR) is 279 cm³/mol. The van der Waals surface area contributed by atoms with Crippen molar-refractivity contribution in [1.82, 2.24) is 0 Å². The summed E-state index contributed by atoms with van der Waals surface area (Å²) in [6.45, 7) is 5.49. The Bertz CT molecular complexity index is 1270. The number of hydrogen-bond donors (Lipinski definition) is 1. The van der Waals surface area contributed by atoms with E-state index in [-0.39, 0.29) is 25.8 Å². The van der Waals surface area contributed by atoms with Gasteiger partial charge in [-0.25, -0.2) is 4.57 Å². The van der Waals surface area contributed by atoms with Crippen LogP contribution in [0.1, 0.15) is 219 Å². The molecule has 1 N–H and O–H groups in total. The van der Waals surface area contributed by atoms with Crippen LogP contribution in [0.15, 0.2) is 72.9 Å². The molecule has 8 nitrogen and oxygen atoms in total. The van der Waals surface area contributed by atoms with Crippen LogP contribution in [0.2, 0.25) is 0 Å². The van der Waals surface area contributed by atoms with E-state index in [9.17, 15) is 14.3 Å². The molecular formula is C56H103NO7P+. The minimum atomic E-state index is -4.29. The van der Waals surface area contributed by atoms with Gasteiger partial charge in [-0.1, -0.05) is 202 Å². The molecule has 2 unspecified atom stereocenters. The first-order valence-corrected chi connectivity index (χ1v) is 28.2. The highest BCUT2D eigenvalue weighted by atomic mass is 31.2. The van der Waals surface area contributed by atoms with Crippen LogP contribution in [0.4, 0.5) is 0 Å². The quantitative estimate of drug-likeness (QED) is 0.0214. The molecule has 65 heavy (non-hydrogen) atoms. The molecule has 378 valence electrons. The lowest BCUT2D eigenvalue weighted by Gasteiger charge is -2.24. The second-order valence-corrected chi connectivity index (χ2v) is 20.3. The Balaban J connectivity index is 4.15. The number of likely N-dealkylation sites (N-methyl/N-ethyl adjacent to an activating group) is 1. The van der Waals surface area contributed by atoms with Crippen molar-refractivity contribution in [3.05, 3.63) is 72.9 Å². The number of esters is 1. The lowest BCUT2D eigenvalue weighted by atomic mass is 10.1. The summed E-state index contributed by atoms with van der Waals surface area (Å²) >= 11 is 0. The fourth-order valence-electron chi connectivity index (χ4n) is 7.16. The number of nitrogens with zero attached hydrogens (tertiary/aromatic N) is 1. The maximum absolute atomic E-state index is 12.8. The summed E-state index contributed by atoms with van der Waals surface area (Å²) in [6.07, 6.45) is 63.7. The van der Waals surface area contributed by atoms with Crippen molar-refractivity contribution >= 4 is 13.8 Å². The van der Waals surface area contributed by atoms with E-state index in [1.54, 1.807) is 0 Å². The molecule has 0 saturated carbocycles. The fourth-order valence-corrected chi connectivity index (χ4v) is 7.90. The van der Waals surface area contributed by atoms with Crippen LogP contribution in [-0.2, 0) is 27.9 Å². The van der Waals surface area contributed by atoms with Crippen LogP contribution in [0.5, 0.6) is 0 Å². The zero-order valence-electron chi connectivity index (χ0n) is 43.0. The Labute approximate surface area is 402 Å². The minimum absolute atomic E-state index is 0.0835. The number of carbonyl (C=O) groups is 1. The normalized spacial score (nSPS) is 14.1. The first kappa shape index (κ1) is 62.9. The summed E-state index contributed by atoms with van der Waals surface area (Å²) in [6, 6.07) is 0. The molecule has 0 aromatic carbocycles. The van der Waals surface area contributed by atoms with Gasteiger partial charge in [0.05, 0.1) is 34.4 Å². The molecule has 0 aromatic heterocycles. The average Bonchev–Trinajstić information content (AvgIpc) is 3.27. The highest BCUT2D eigenvalue weighted by molar-refractivity contribution is 7.47. The molecule has 0 heterocycles. The first-order valence-electron chi connectivity index (χ1n) is 26.7. The number of hydrogen-bond acceptors (Lipinski definition) is 6. The number of allylic oxidation sites excluding steroid dienone is 12. The van der Waals surface area contributed by atoms with Gasteiger partial charge in [0.1, 0.15) is 19.3 Å². The van der Waals surface area contributed by atoms with Gasteiger partial charge in [0, 0.05) is 13.0 Å². The van der Waals surface area contributed by atoms with E-state index in [4.69, 9.17) is 18.5 Å². The summed E-state index contributed by atoms with van der Waals surface area (Å²) in [5.74, 6) is -0.321. The standard InChI is InChI=1S/C56H102NO7P/c1-6-8-10-12-14-16-18-20-22-24-26-28-30-32-34-36-38-40-42-44-46-48-51-61-53-55(54-63-65(59,60)62-52-50-57(3,4)5)64-56(58)49-47-45-43-41-39-37-35-33-31-29-27-25-23-21-19-17-15-13-11-9-7-2/h8,10,14,16,19-22,25-28,55H,6-7,9,11-13,15,17-18,23-24,29-54H2,1-5H3/p+1/b10-8-,16-14-,21-19-,22-20-,27-25-,28-26-. The van der Waals surface area contributed by atoms with Crippen LogP contribution < -0.4 is 0 Å². The molecule has 0 fully saturated rings. The molecule has 0 rings (SSSR count). The Morgan fingerprint density at radius 2 is 0.892 bits per heavy atom. The van der Waals surface area contributed by atoms with Crippen LogP contribution in [-0.4, -0.2) is 75.6 Å². The summed E-state index contributed by atoms with van der Waals surface area (Å²) in [5.41, 5.74) is 0. The van der Waals surface area contributed by atoms with E-state index in [0.717, 1.165) is 64.2 Å². The highest BCUT2D eigenvalue weighted by Gasteiger charge is 2.26. The van der Waals surface area contributed by atoms with E-state index in [2.05, 4.69) is 86.8 Å². The Kier molecular flexibility index (Phi) is 46.9. The molecule has 0 aliphatic rings. The van der Waals surface area contributed by atoms with Crippen LogP contribution >= 0.6 is 7.82 Å². The molecule has 0 bridgehead atoms. The van der Waals surface area contributed by atoms with Crippen molar-refractivity contribution in [1.29, 1.82) is 0 Å². The number of phosphoric acid groups is 1. The average molecular weight is 933 g/mol. The van der Waals surface area contributed by atoms with E-state index in [0.29, 0.717) is 24.1 Å². The third-order valence-electron chi connectivity index (χ3n) is 11.3. The molecule has 2 atom stereocenters. The highest BCUT2D eigenvalue weighted by Crippen LogP contribution is 2.43. The smallest absolute Gasteiger partial charge is 0.457 e. The van der Waals surface area contributed by atoms with Gasteiger partial charge >= 0.3 is 13.8 Å². The number of rotatable bonds is 49. The van der Waals surface area contributed by atoms with Gasteiger partial charge in [0.25, 0.3) is 0 Å². The van der Waals surface area contributed by atoms with Gasteiger partial charge in [-0.05, 0) is 83.5 Å². The van der Waals surface area contributed by atoms with Crippen molar-refractivity contribution in [2.24, 2.45) is 0 Å². The van der Waals surface area contributed by atoms with E-state index >= 15 is 0 Å². The zero-order valence-corrected chi connectivity index (χ0v) is 43.9. The molecule has 0 saturated heterocycles. The summed E-state index contributed by atoms with van der Waals surface area (Å²) in [5, 5.41) is 0. The van der Waals surface area contributed by atoms with Gasteiger partial charge in [-0.3, -0.25) is 13.8 Å². The van der Waals surface area contributed by atoms with Gasteiger partial charge in [-0.15, -0.1) is 0 Å². The van der Waals surface area contributed by atoms with Crippen molar-refractivity contribution in [2.45, 2.75) is 225 Å².